The number of rotatable bonds is 6. The second-order valence-corrected chi connectivity index (χ2v) is 8.97. The van der Waals surface area contributed by atoms with Gasteiger partial charge in [-0.25, -0.2) is 0 Å². The van der Waals surface area contributed by atoms with Crippen LogP contribution in [-0.2, 0) is 6.54 Å². The van der Waals surface area contributed by atoms with Gasteiger partial charge in [0.15, 0.2) is 0 Å². The molecule has 176 valence electrons. The molecule has 1 aliphatic heterocycles. The minimum absolute atomic E-state index is 0.0220. The maximum atomic E-state index is 12.7. The van der Waals surface area contributed by atoms with E-state index in [1.54, 1.807) is 25.2 Å². The van der Waals surface area contributed by atoms with Crippen molar-refractivity contribution in [3.63, 3.8) is 0 Å². The fourth-order valence-corrected chi connectivity index (χ4v) is 4.28. The Morgan fingerprint density at radius 2 is 1.56 bits per heavy atom. The van der Waals surface area contributed by atoms with E-state index in [2.05, 4.69) is 21.9 Å². The Morgan fingerprint density at radius 3 is 2.15 bits per heavy atom. The van der Waals surface area contributed by atoms with Crippen LogP contribution >= 0.6 is 0 Å². The molecule has 0 bridgehead atoms. The van der Waals surface area contributed by atoms with E-state index in [9.17, 15) is 9.59 Å². The van der Waals surface area contributed by atoms with Crippen LogP contribution in [0.3, 0.4) is 0 Å². The first kappa shape index (κ1) is 23.6. The zero-order valence-electron chi connectivity index (χ0n) is 20.0. The molecule has 0 radical (unpaired) electrons. The molecule has 1 aliphatic rings. The second-order valence-electron chi connectivity index (χ2n) is 8.97. The molecule has 0 unspecified atom stereocenters. The van der Waals surface area contributed by atoms with Gasteiger partial charge in [-0.2, -0.15) is 0 Å². The van der Waals surface area contributed by atoms with E-state index in [-0.39, 0.29) is 11.8 Å². The van der Waals surface area contributed by atoms with Gasteiger partial charge in [0.1, 0.15) is 0 Å². The lowest BCUT2D eigenvalue weighted by Crippen LogP contribution is -2.45. The monoisotopic (exact) mass is 457 g/mol. The second kappa shape index (κ2) is 10.6. The molecule has 2 amide bonds. The topological polar surface area (TPSA) is 69.6 Å². The van der Waals surface area contributed by atoms with Crippen LogP contribution in [0, 0.1) is 0 Å². The molecule has 0 aliphatic carbocycles. The number of benzene rings is 2. The number of carbonyl (C=O) groups is 2. The summed E-state index contributed by atoms with van der Waals surface area (Å²) in [6.45, 7) is 2.24. The first-order valence-corrected chi connectivity index (χ1v) is 11.6. The maximum absolute atomic E-state index is 12.7. The van der Waals surface area contributed by atoms with Gasteiger partial charge in [-0.1, -0.05) is 30.3 Å². The number of likely N-dealkylation sites (tertiary alicyclic amines) is 1. The predicted molar refractivity (Wildman–Crippen MR) is 132 cm³/mol. The van der Waals surface area contributed by atoms with Crippen molar-refractivity contribution in [2.24, 2.45) is 0 Å². The van der Waals surface area contributed by atoms with Crippen molar-refractivity contribution in [3.05, 3.63) is 83.8 Å². The third-order valence-corrected chi connectivity index (χ3v) is 6.35. The van der Waals surface area contributed by atoms with Crippen LogP contribution in [0.5, 0.6) is 0 Å². The van der Waals surface area contributed by atoms with Gasteiger partial charge in [0, 0.05) is 56.5 Å². The van der Waals surface area contributed by atoms with Crippen LogP contribution in [0.1, 0.15) is 39.3 Å². The minimum atomic E-state index is -0.0220. The van der Waals surface area contributed by atoms with Gasteiger partial charge in [-0.05, 0) is 44.2 Å². The van der Waals surface area contributed by atoms with Crippen LogP contribution in [-0.4, -0.2) is 76.8 Å². The van der Waals surface area contributed by atoms with E-state index in [0.717, 1.165) is 48.4 Å². The molecule has 1 fully saturated rings. The molecular weight excluding hydrogens is 426 g/mol. The molecule has 2 heterocycles. The number of nitrogens with zero attached hydrogens (tertiary/aromatic N) is 5. The van der Waals surface area contributed by atoms with Gasteiger partial charge >= 0.3 is 0 Å². The van der Waals surface area contributed by atoms with Crippen molar-refractivity contribution in [1.29, 1.82) is 0 Å². The van der Waals surface area contributed by atoms with Crippen molar-refractivity contribution in [2.75, 3.05) is 34.2 Å². The molecule has 7 heteroatoms. The summed E-state index contributed by atoms with van der Waals surface area (Å²) in [5.41, 5.74) is 4.02. The van der Waals surface area contributed by atoms with E-state index in [4.69, 9.17) is 0 Å². The van der Waals surface area contributed by atoms with Crippen LogP contribution < -0.4 is 0 Å². The van der Waals surface area contributed by atoms with Gasteiger partial charge in [-0.3, -0.25) is 24.5 Å². The summed E-state index contributed by atoms with van der Waals surface area (Å²) in [6, 6.07) is 17.3. The molecule has 0 atom stereocenters. The predicted octanol–water partition coefficient (Wildman–Crippen LogP) is 3.58. The molecular formula is C27H31N5O2. The first-order valence-electron chi connectivity index (χ1n) is 11.6. The Bertz CT molecular complexity index is 1110. The number of aromatic nitrogens is 2. The molecule has 34 heavy (non-hydrogen) atoms. The van der Waals surface area contributed by atoms with E-state index >= 15 is 0 Å². The summed E-state index contributed by atoms with van der Waals surface area (Å²) in [5, 5.41) is 0. The van der Waals surface area contributed by atoms with E-state index in [0.29, 0.717) is 18.2 Å². The average molecular weight is 458 g/mol. The van der Waals surface area contributed by atoms with Crippen molar-refractivity contribution >= 4 is 11.8 Å². The lowest BCUT2D eigenvalue weighted by atomic mass is 10.0. The van der Waals surface area contributed by atoms with Crippen molar-refractivity contribution in [3.8, 4) is 11.3 Å². The fourth-order valence-electron chi connectivity index (χ4n) is 4.28. The Hall–Kier alpha value is -3.58. The summed E-state index contributed by atoms with van der Waals surface area (Å²) in [4.78, 5) is 39.7. The number of amides is 2. The zero-order valence-corrected chi connectivity index (χ0v) is 20.0. The summed E-state index contributed by atoms with van der Waals surface area (Å²) in [5.74, 6) is 0.0913. The molecule has 1 saturated heterocycles. The standard InChI is InChI=1S/C27H31N5O2/c1-30(2)26(33)22-11-9-20(10-12-22)25-18-28-23(17-29-25)19-31(3)24-13-15-32(16-14-24)27(34)21-7-5-4-6-8-21/h4-12,17-18,24H,13-16,19H2,1-3H3. The first-order chi connectivity index (χ1) is 16.4. The Morgan fingerprint density at radius 1 is 0.882 bits per heavy atom. The van der Waals surface area contributed by atoms with Crippen molar-refractivity contribution in [1.82, 2.24) is 24.7 Å². The van der Waals surface area contributed by atoms with Crippen LogP contribution in [0.2, 0.25) is 0 Å². The van der Waals surface area contributed by atoms with Crippen LogP contribution in [0.15, 0.2) is 67.0 Å². The molecule has 7 nitrogen and oxygen atoms in total. The third-order valence-electron chi connectivity index (χ3n) is 6.35. The number of hydrogen-bond acceptors (Lipinski definition) is 5. The molecule has 4 rings (SSSR count). The van der Waals surface area contributed by atoms with Gasteiger partial charge < -0.3 is 9.80 Å². The van der Waals surface area contributed by atoms with Gasteiger partial charge in [0.25, 0.3) is 11.8 Å². The SMILES string of the molecule is CN(C)C(=O)c1ccc(-c2cnc(CN(C)C3CCN(C(=O)c4ccccc4)CC3)cn2)cc1. The Kier molecular flexibility index (Phi) is 7.33. The highest BCUT2D eigenvalue weighted by Crippen LogP contribution is 2.20. The molecule has 3 aromatic rings. The minimum Gasteiger partial charge on any atom is -0.345 e. The highest BCUT2D eigenvalue weighted by Gasteiger charge is 2.26. The summed E-state index contributed by atoms with van der Waals surface area (Å²) in [7, 11) is 5.59. The maximum Gasteiger partial charge on any atom is 0.253 e. The quantitative estimate of drug-likeness (QED) is 0.566. The Balaban J connectivity index is 1.31. The lowest BCUT2D eigenvalue weighted by Gasteiger charge is -2.36. The summed E-state index contributed by atoms with van der Waals surface area (Å²) in [6.07, 6.45) is 5.49. The molecule has 0 saturated carbocycles. The van der Waals surface area contributed by atoms with Crippen molar-refractivity contribution < 1.29 is 9.59 Å². The molecule has 1 aromatic heterocycles. The number of piperidine rings is 1. The highest BCUT2D eigenvalue weighted by atomic mass is 16.2. The smallest absolute Gasteiger partial charge is 0.253 e. The number of hydrogen-bond donors (Lipinski definition) is 0. The third kappa shape index (κ3) is 5.48. The Labute approximate surface area is 201 Å². The van der Waals surface area contributed by atoms with E-state index in [1.807, 2.05) is 65.7 Å². The van der Waals surface area contributed by atoms with Crippen LogP contribution in [0.25, 0.3) is 11.3 Å². The van der Waals surface area contributed by atoms with E-state index in [1.165, 1.54) is 0 Å². The summed E-state index contributed by atoms with van der Waals surface area (Å²) >= 11 is 0. The van der Waals surface area contributed by atoms with E-state index < -0.39 is 0 Å². The highest BCUT2D eigenvalue weighted by molar-refractivity contribution is 5.94. The lowest BCUT2D eigenvalue weighted by molar-refractivity contribution is 0.0638. The normalized spacial score (nSPS) is 14.3. The zero-order chi connectivity index (χ0) is 24.1. The molecule has 2 aromatic carbocycles. The van der Waals surface area contributed by atoms with Gasteiger partial charge in [0.05, 0.1) is 23.8 Å². The molecule has 0 spiro atoms. The van der Waals surface area contributed by atoms with Gasteiger partial charge in [0.2, 0.25) is 0 Å². The fraction of sp³-hybridized carbons (Fsp3) is 0.333. The number of carbonyl (C=O) groups excluding carboxylic acids is 2. The van der Waals surface area contributed by atoms with Crippen LogP contribution in [0.4, 0.5) is 0 Å². The molecule has 0 N–H and O–H groups in total. The largest absolute Gasteiger partial charge is 0.345 e. The average Bonchev–Trinajstić information content (AvgIpc) is 2.89. The van der Waals surface area contributed by atoms with Gasteiger partial charge in [-0.15, -0.1) is 0 Å². The van der Waals surface area contributed by atoms with Crippen molar-refractivity contribution in [2.45, 2.75) is 25.4 Å². The summed E-state index contributed by atoms with van der Waals surface area (Å²) < 4.78 is 0.